The molecule has 0 amide bonds. The summed E-state index contributed by atoms with van der Waals surface area (Å²) in [7, 11) is -1.03. The van der Waals surface area contributed by atoms with Crippen molar-refractivity contribution in [3.63, 3.8) is 0 Å². The van der Waals surface area contributed by atoms with Gasteiger partial charge < -0.3 is 4.42 Å². The number of nitrogens with zero attached hydrogens (tertiary/aromatic N) is 2. The summed E-state index contributed by atoms with van der Waals surface area (Å²) in [5.74, 6) is 2.46. The second kappa shape index (κ2) is 5.54. The van der Waals surface area contributed by atoms with Crippen molar-refractivity contribution in [1.29, 1.82) is 0 Å². The molecule has 1 aromatic heterocycles. The molecule has 0 radical (unpaired) electrons. The van der Waals surface area contributed by atoms with E-state index < -0.39 is 10.8 Å². The zero-order valence-corrected chi connectivity index (χ0v) is 12.6. The molecule has 1 fully saturated rings. The fourth-order valence-electron chi connectivity index (χ4n) is 1.82. The van der Waals surface area contributed by atoms with Crippen LogP contribution < -0.4 is 0 Å². The molecular weight excluding hydrogens is 328 g/mol. The van der Waals surface area contributed by atoms with Crippen molar-refractivity contribution in [1.82, 2.24) is 10.2 Å². The van der Waals surface area contributed by atoms with Crippen LogP contribution in [0.15, 0.2) is 33.2 Å². The zero-order valence-electron chi connectivity index (χ0n) is 10.2. The highest BCUT2D eigenvalue weighted by atomic mass is 79.9. The molecule has 100 valence electrons. The molecule has 1 aromatic carbocycles. The van der Waals surface area contributed by atoms with Crippen LogP contribution >= 0.6 is 15.9 Å². The quantitative estimate of drug-likeness (QED) is 0.838. The van der Waals surface area contributed by atoms with E-state index in [9.17, 15) is 4.21 Å². The Morgan fingerprint density at radius 1 is 1.32 bits per heavy atom. The van der Waals surface area contributed by atoms with Gasteiger partial charge in [-0.3, -0.25) is 4.21 Å². The molecule has 1 aliphatic rings. The molecule has 3 rings (SSSR count). The number of halogens is 1. The highest BCUT2D eigenvalue weighted by Crippen LogP contribution is 2.39. The predicted octanol–water partition coefficient (Wildman–Crippen LogP) is 3.16. The van der Waals surface area contributed by atoms with E-state index in [0.29, 0.717) is 29.2 Å². The fourth-order valence-corrected chi connectivity index (χ4v) is 3.31. The summed E-state index contributed by atoms with van der Waals surface area (Å²) in [5.41, 5.74) is 1.04. The lowest BCUT2D eigenvalue weighted by atomic mass is 10.2. The standard InChI is InChI=1S/C13H13BrN2O2S/c14-11-3-1-2-9(6-11)7-19(17)8-12-15-16-13(18-12)10-4-5-10/h1-3,6,10H,4-5,7-8H2/t19-/m0/s1. The van der Waals surface area contributed by atoms with Gasteiger partial charge in [0.25, 0.3) is 0 Å². The molecule has 0 bridgehead atoms. The Morgan fingerprint density at radius 2 is 2.16 bits per heavy atom. The maximum atomic E-state index is 12.1. The second-order valence-corrected chi connectivity index (χ2v) is 7.04. The molecule has 0 spiro atoms. The smallest absolute Gasteiger partial charge is 0.229 e. The molecule has 1 aliphatic carbocycles. The molecule has 0 N–H and O–H groups in total. The molecule has 0 unspecified atom stereocenters. The van der Waals surface area contributed by atoms with E-state index in [1.165, 1.54) is 0 Å². The maximum Gasteiger partial charge on any atom is 0.229 e. The van der Waals surface area contributed by atoms with E-state index in [1.807, 2.05) is 24.3 Å². The molecule has 0 saturated heterocycles. The van der Waals surface area contributed by atoms with E-state index in [0.717, 1.165) is 22.9 Å². The first kappa shape index (κ1) is 13.0. The Hall–Kier alpha value is -1.01. The van der Waals surface area contributed by atoms with Gasteiger partial charge in [-0.25, -0.2) is 0 Å². The third-order valence-corrected chi connectivity index (χ3v) is 4.63. The number of aromatic nitrogens is 2. The zero-order chi connectivity index (χ0) is 13.2. The van der Waals surface area contributed by atoms with Crippen LogP contribution in [0.4, 0.5) is 0 Å². The van der Waals surface area contributed by atoms with Crippen LogP contribution in [0.5, 0.6) is 0 Å². The molecule has 0 aliphatic heterocycles. The van der Waals surface area contributed by atoms with Crippen LogP contribution in [0.1, 0.15) is 36.1 Å². The van der Waals surface area contributed by atoms with Crippen molar-refractivity contribution in [2.24, 2.45) is 0 Å². The van der Waals surface area contributed by atoms with Crippen LogP contribution in [-0.2, 0) is 22.3 Å². The lowest BCUT2D eigenvalue weighted by molar-refractivity contribution is 0.465. The van der Waals surface area contributed by atoms with Gasteiger partial charge in [0.05, 0.1) is 0 Å². The third kappa shape index (κ3) is 3.51. The topological polar surface area (TPSA) is 56.0 Å². The average Bonchev–Trinajstić information content (AvgIpc) is 3.11. The summed E-state index contributed by atoms with van der Waals surface area (Å²) < 4.78 is 18.6. The van der Waals surface area contributed by atoms with Gasteiger partial charge in [-0.1, -0.05) is 28.1 Å². The van der Waals surface area contributed by atoms with E-state index >= 15 is 0 Å². The van der Waals surface area contributed by atoms with Crippen molar-refractivity contribution in [2.45, 2.75) is 30.3 Å². The Kier molecular flexibility index (Phi) is 3.79. The van der Waals surface area contributed by atoms with E-state index in [-0.39, 0.29) is 0 Å². The van der Waals surface area contributed by atoms with Gasteiger partial charge >= 0.3 is 0 Å². The van der Waals surface area contributed by atoms with Gasteiger partial charge in [-0.15, -0.1) is 10.2 Å². The molecule has 6 heteroatoms. The van der Waals surface area contributed by atoms with Gasteiger partial charge in [-0.05, 0) is 30.5 Å². The Labute approximate surface area is 122 Å². The van der Waals surface area contributed by atoms with Crippen molar-refractivity contribution >= 4 is 26.7 Å². The molecule has 1 atom stereocenters. The summed E-state index contributed by atoms with van der Waals surface area (Å²) in [6, 6.07) is 7.83. The lowest BCUT2D eigenvalue weighted by Gasteiger charge is -2.00. The second-order valence-electron chi connectivity index (χ2n) is 4.67. The Morgan fingerprint density at radius 3 is 2.89 bits per heavy atom. The monoisotopic (exact) mass is 340 g/mol. The van der Waals surface area contributed by atoms with Gasteiger partial charge in [0.2, 0.25) is 11.8 Å². The Bertz CT molecular complexity index is 610. The molecule has 19 heavy (non-hydrogen) atoms. The molecular formula is C13H13BrN2O2S. The first-order valence-corrected chi connectivity index (χ1v) is 8.40. The number of benzene rings is 1. The SMILES string of the molecule is O=[S@@](Cc1cccc(Br)c1)Cc1nnc(C2CC2)o1. The third-order valence-electron chi connectivity index (χ3n) is 2.91. The lowest BCUT2D eigenvalue weighted by Crippen LogP contribution is -1.99. The van der Waals surface area contributed by atoms with Crippen LogP contribution in [0.25, 0.3) is 0 Å². The van der Waals surface area contributed by atoms with Gasteiger partial charge in [-0.2, -0.15) is 0 Å². The summed E-state index contributed by atoms with van der Waals surface area (Å²) in [4.78, 5) is 0. The van der Waals surface area contributed by atoms with Crippen LogP contribution in [0.3, 0.4) is 0 Å². The van der Waals surface area contributed by atoms with Crippen LogP contribution in [-0.4, -0.2) is 14.4 Å². The number of hydrogen-bond acceptors (Lipinski definition) is 4. The average molecular weight is 341 g/mol. The summed E-state index contributed by atoms with van der Waals surface area (Å²) >= 11 is 3.41. The van der Waals surface area contributed by atoms with Crippen LogP contribution in [0.2, 0.25) is 0 Å². The number of rotatable bonds is 5. The summed E-state index contributed by atoms with van der Waals surface area (Å²) in [6.45, 7) is 0. The summed E-state index contributed by atoms with van der Waals surface area (Å²) in [6.07, 6.45) is 2.26. The van der Waals surface area contributed by atoms with Crippen molar-refractivity contribution < 1.29 is 8.63 Å². The van der Waals surface area contributed by atoms with Gasteiger partial charge in [0, 0.05) is 26.9 Å². The highest BCUT2D eigenvalue weighted by Gasteiger charge is 2.29. The minimum Gasteiger partial charge on any atom is -0.424 e. The highest BCUT2D eigenvalue weighted by molar-refractivity contribution is 9.10. The van der Waals surface area contributed by atoms with Gasteiger partial charge in [0.15, 0.2) is 0 Å². The first-order chi connectivity index (χ1) is 9.20. The van der Waals surface area contributed by atoms with E-state index in [4.69, 9.17) is 4.42 Å². The van der Waals surface area contributed by atoms with Crippen LogP contribution in [0, 0.1) is 0 Å². The normalized spacial score (nSPS) is 16.5. The van der Waals surface area contributed by atoms with Gasteiger partial charge in [0.1, 0.15) is 5.75 Å². The first-order valence-electron chi connectivity index (χ1n) is 6.12. The molecule has 1 saturated carbocycles. The summed E-state index contributed by atoms with van der Waals surface area (Å²) in [5, 5.41) is 7.95. The van der Waals surface area contributed by atoms with Crippen molar-refractivity contribution in [3.05, 3.63) is 46.1 Å². The number of hydrogen-bond donors (Lipinski definition) is 0. The van der Waals surface area contributed by atoms with Crippen molar-refractivity contribution in [3.8, 4) is 0 Å². The largest absolute Gasteiger partial charge is 0.424 e. The molecule has 4 nitrogen and oxygen atoms in total. The fraction of sp³-hybridized carbons (Fsp3) is 0.385. The minimum atomic E-state index is -1.03. The van der Waals surface area contributed by atoms with E-state index in [2.05, 4.69) is 26.1 Å². The minimum absolute atomic E-state index is 0.326. The van der Waals surface area contributed by atoms with E-state index in [1.54, 1.807) is 0 Å². The van der Waals surface area contributed by atoms with Crippen molar-refractivity contribution in [2.75, 3.05) is 0 Å². The molecule has 2 aromatic rings. The molecule has 1 heterocycles. The maximum absolute atomic E-state index is 12.1. The predicted molar refractivity (Wildman–Crippen MR) is 76.0 cm³/mol. The Balaban J connectivity index is 1.61.